The molecule has 0 saturated carbocycles. The maximum absolute atomic E-state index is 11.4. The van der Waals surface area contributed by atoms with Gasteiger partial charge in [-0.1, -0.05) is 12.1 Å². The van der Waals surface area contributed by atoms with Crippen molar-refractivity contribution in [1.29, 1.82) is 0 Å². The summed E-state index contributed by atoms with van der Waals surface area (Å²) in [7, 11) is -1.16. The predicted octanol–water partition coefficient (Wildman–Crippen LogP) is 0.476. The van der Waals surface area contributed by atoms with Crippen LogP contribution in [0.15, 0.2) is 24.3 Å². The second-order valence-corrected chi connectivity index (χ2v) is 5.43. The minimum absolute atomic E-state index is 0.0909. The SMILES string of the molecule is Cc1cccc(OCCS(=O)CC(O)CO)c1. The van der Waals surface area contributed by atoms with Gasteiger partial charge in [-0.15, -0.1) is 0 Å². The fourth-order valence-electron chi connectivity index (χ4n) is 1.31. The van der Waals surface area contributed by atoms with Gasteiger partial charge < -0.3 is 14.9 Å². The Labute approximate surface area is 104 Å². The van der Waals surface area contributed by atoms with E-state index in [1.807, 2.05) is 31.2 Å². The van der Waals surface area contributed by atoms with E-state index in [9.17, 15) is 4.21 Å². The van der Waals surface area contributed by atoms with Crippen LogP contribution in [0.25, 0.3) is 0 Å². The monoisotopic (exact) mass is 258 g/mol. The lowest BCUT2D eigenvalue weighted by Gasteiger charge is -2.08. The third-order valence-corrected chi connectivity index (χ3v) is 3.54. The Kier molecular flexibility index (Phi) is 6.18. The van der Waals surface area contributed by atoms with Gasteiger partial charge in [-0.25, -0.2) is 0 Å². The van der Waals surface area contributed by atoms with Crippen LogP contribution in [0.1, 0.15) is 5.56 Å². The van der Waals surface area contributed by atoms with Crippen LogP contribution in [0.2, 0.25) is 0 Å². The van der Waals surface area contributed by atoms with Crippen LogP contribution in [0.5, 0.6) is 5.75 Å². The second kappa shape index (κ2) is 7.42. The maximum Gasteiger partial charge on any atom is 0.119 e. The summed E-state index contributed by atoms with van der Waals surface area (Å²) >= 11 is 0. The first-order chi connectivity index (χ1) is 8.11. The maximum atomic E-state index is 11.4. The number of hydrogen-bond acceptors (Lipinski definition) is 4. The van der Waals surface area contributed by atoms with Crippen molar-refractivity contribution in [2.24, 2.45) is 0 Å². The van der Waals surface area contributed by atoms with E-state index >= 15 is 0 Å². The number of ether oxygens (including phenoxy) is 1. The Hall–Kier alpha value is -0.910. The number of benzene rings is 1. The quantitative estimate of drug-likeness (QED) is 0.746. The summed E-state index contributed by atoms with van der Waals surface area (Å²) in [6, 6.07) is 7.63. The Bertz CT molecular complexity index is 367. The smallest absolute Gasteiger partial charge is 0.119 e. The van der Waals surface area contributed by atoms with Crippen LogP contribution in [0.3, 0.4) is 0 Å². The van der Waals surface area contributed by atoms with Gasteiger partial charge in [0.25, 0.3) is 0 Å². The molecule has 17 heavy (non-hydrogen) atoms. The fraction of sp³-hybridized carbons (Fsp3) is 0.500. The zero-order valence-electron chi connectivity index (χ0n) is 9.83. The molecule has 0 amide bonds. The molecule has 1 aromatic rings. The van der Waals surface area contributed by atoms with Gasteiger partial charge in [0.2, 0.25) is 0 Å². The van der Waals surface area contributed by atoms with Crippen molar-refractivity contribution in [3.05, 3.63) is 29.8 Å². The van der Waals surface area contributed by atoms with Crippen LogP contribution in [0.4, 0.5) is 0 Å². The summed E-state index contributed by atoms with van der Waals surface area (Å²) in [5.74, 6) is 1.20. The summed E-state index contributed by atoms with van der Waals surface area (Å²) < 4.78 is 16.9. The number of aryl methyl sites for hydroxylation is 1. The normalized spacial score (nSPS) is 14.3. The van der Waals surface area contributed by atoms with Crippen molar-refractivity contribution in [1.82, 2.24) is 0 Å². The molecule has 4 nitrogen and oxygen atoms in total. The van der Waals surface area contributed by atoms with E-state index in [1.165, 1.54) is 0 Å². The molecule has 0 aliphatic heterocycles. The van der Waals surface area contributed by atoms with Crippen molar-refractivity contribution in [3.63, 3.8) is 0 Å². The van der Waals surface area contributed by atoms with E-state index < -0.39 is 16.9 Å². The summed E-state index contributed by atoms with van der Waals surface area (Å²) in [6.45, 7) is 1.96. The first kappa shape index (κ1) is 14.2. The Morgan fingerprint density at radius 1 is 1.47 bits per heavy atom. The Morgan fingerprint density at radius 2 is 2.24 bits per heavy atom. The summed E-state index contributed by atoms with van der Waals surface area (Å²) in [6.07, 6.45) is -0.908. The van der Waals surface area contributed by atoms with Crippen LogP contribution >= 0.6 is 0 Å². The molecule has 0 heterocycles. The van der Waals surface area contributed by atoms with Gasteiger partial charge in [0.15, 0.2) is 0 Å². The molecule has 2 unspecified atom stereocenters. The van der Waals surface area contributed by atoms with E-state index in [2.05, 4.69) is 0 Å². The van der Waals surface area contributed by atoms with Crippen LogP contribution in [0, 0.1) is 6.92 Å². The lowest BCUT2D eigenvalue weighted by molar-refractivity contribution is 0.113. The Morgan fingerprint density at radius 3 is 2.88 bits per heavy atom. The zero-order valence-corrected chi connectivity index (χ0v) is 10.7. The molecular formula is C12H18O4S. The molecule has 0 radical (unpaired) electrons. The fourth-order valence-corrected chi connectivity index (χ4v) is 2.28. The number of hydrogen-bond donors (Lipinski definition) is 2. The largest absolute Gasteiger partial charge is 0.493 e. The van der Waals surface area contributed by atoms with Crippen molar-refractivity contribution < 1.29 is 19.2 Å². The molecular weight excluding hydrogens is 240 g/mol. The first-order valence-corrected chi connectivity index (χ1v) is 6.94. The predicted molar refractivity (Wildman–Crippen MR) is 67.6 cm³/mol. The molecule has 2 atom stereocenters. The van der Waals surface area contributed by atoms with Gasteiger partial charge >= 0.3 is 0 Å². The number of aliphatic hydroxyl groups is 2. The first-order valence-electron chi connectivity index (χ1n) is 5.45. The second-order valence-electron chi connectivity index (χ2n) is 3.81. The van der Waals surface area contributed by atoms with Crippen molar-refractivity contribution in [2.75, 3.05) is 24.7 Å². The lowest BCUT2D eigenvalue weighted by Crippen LogP contribution is -2.23. The zero-order chi connectivity index (χ0) is 12.7. The van der Waals surface area contributed by atoms with Crippen LogP contribution in [-0.2, 0) is 10.8 Å². The Balaban J connectivity index is 2.26. The molecule has 0 fully saturated rings. The van der Waals surface area contributed by atoms with Gasteiger partial charge in [0, 0.05) is 10.8 Å². The summed E-state index contributed by atoms with van der Waals surface area (Å²) in [4.78, 5) is 0. The molecule has 96 valence electrons. The average Bonchev–Trinajstić information content (AvgIpc) is 2.29. The van der Waals surface area contributed by atoms with Gasteiger partial charge in [-0.2, -0.15) is 0 Å². The molecule has 0 aliphatic rings. The average molecular weight is 258 g/mol. The van der Waals surface area contributed by atoms with E-state index in [1.54, 1.807) is 0 Å². The highest BCUT2D eigenvalue weighted by molar-refractivity contribution is 7.85. The molecule has 0 aromatic heterocycles. The van der Waals surface area contributed by atoms with E-state index in [-0.39, 0.29) is 12.4 Å². The molecule has 2 N–H and O–H groups in total. The van der Waals surface area contributed by atoms with Crippen molar-refractivity contribution >= 4 is 10.8 Å². The van der Waals surface area contributed by atoms with E-state index in [0.29, 0.717) is 12.4 Å². The van der Waals surface area contributed by atoms with Gasteiger partial charge in [-0.05, 0) is 24.6 Å². The van der Waals surface area contributed by atoms with Crippen LogP contribution in [-0.4, -0.2) is 45.2 Å². The molecule has 0 bridgehead atoms. The third kappa shape index (κ3) is 5.81. The van der Waals surface area contributed by atoms with Gasteiger partial charge in [0.1, 0.15) is 5.75 Å². The van der Waals surface area contributed by atoms with Crippen molar-refractivity contribution in [3.8, 4) is 5.75 Å². The van der Waals surface area contributed by atoms with Gasteiger partial charge in [0.05, 0.1) is 30.8 Å². The number of rotatable bonds is 7. The molecule has 1 rings (SSSR count). The highest BCUT2D eigenvalue weighted by Gasteiger charge is 2.08. The third-order valence-electron chi connectivity index (χ3n) is 2.16. The molecule has 0 saturated heterocycles. The minimum atomic E-state index is -1.16. The molecule has 0 spiro atoms. The summed E-state index contributed by atoms with van der Waals surface area (Å²) in [5, 5.41) is 17.7. The molecule has 0 aliphatic carbocycles. The molecule has 1 aromatic carbocycles. The highest BCUT2D eigenvalue weighted by atomic mass is 32.2. The topological polar surface area (TPSA) is 66.8 Å². The standard InChI is InChI=1S/C12H18O4S/c1-10-3-2-4-12(7-10)16-5-6-17(15)9-11(14)8-13/h2-4,7,11,13-14H,5-6,8-9H2,1H3. The number of aliphatic hydroxyl groups excluding tert-OH is 2. The molecule has 5 heteroatoms. The van der Waals surface area contributed by atoms with Crippen molar-refractivity contribution in [2.45, 2.75) is 13.0 Å². The van der Waals surface area contributed by atoms with Gasteiger partial charge in [-0.3, -0.25) is 4.21 Å². The van der Waals surface area contributed by atoms with E-state index in [0.717, 1.165) is 11.3 Å². The van der Waals surface area contributed by atoms with E-state index in [4.69, 9.17) is 14.9 Å². The minimum Gasteiger partial charge on any atom is -0.493 e. The highest BCUT2D eigenvalue weighted by Crippen LogP contribution is 2.12. The summed E-state index contributed by atoms with van der Waals surface area (Å²) in [5.41, 5.74) is 1.11. The van der Waals surface area contributed by atoms with Crippen LogP contribution < -0.4 is 4.74 Å². The lowest BCUT2D eigenvalue weighted by atomic mass is 10.2.